The molecule has 3 aliphatic rings. The average Bonchev–Trinajstić information content (AvgIpc) is 3.25. The van der Waals surface area contributed by atoms with Crippen molar-refractivity contribution in [1.29, 1.82) is 0 Å². The summed E-state index contributed by atoms with van der Waals surface area (Å²) in [5, 5.41) is 2.29. The molecule has 5 nitrogen and oxygen atoms in total. The summed E-state index contributed by atoms with van der Waals surface area (Å²) in [5.41, 5.74) is 5.45. The van der Waals surface area contributed by atoms with Crippen LogP contribution < -0.4 is 10.2 Å². The maximum atomic E-state index is 6.62. The van der Waals surface area contributed by atoms with Crippen LogP contribution in [0.4, 0.5) is 0 Å². The standard InChI is InChI=1S/C20H22BrN3O2/c1-13-3-5-19(25-13)16-12-17-15-11-14(21)4-6-18(15)26-20(24(17)22-16)7-9-23(2)10-8-20/h3-6,11-12,17,22H,7-10H2,1-2H3. The molecule has 0 aliphatic carbocycles. The Hall–Kier alpha value is -1.76. The normalized spacial score (nSPS) is 24.6. The first-order valence-electron chi connectivity index (χ1n) is 9.06. The van der Waals surface area contributed by atoms with Gasteiger partial charge in [-0.15, -0.1) is 0 Å². The van der Waals surface area contributed by atoms with E-state index in [1.165, 1.54) is 5.56 Å². The molecule has 0 radical (unpaired) electrons. The van der Waals surface area contributed by atoms with E-state index in [0.717, 1.165) is 53.4 Å². The molecule has 5 rings (SSSR count). The molecule has 136 valence electrons. The molecule has 0 bridgehead atoms. The molecule has 1 aromatic carbocycles. The lowest BCUT2D eigenvalue weighted by Crippen LogP contribution is -2.63. The number of hydrogen-bond donors (Lipinski definition) is 1. The van der Waals surface area contributed by atoms with Gasteiger partial charge in [0.25, 0.3) is 0 Å². The summed E-state index contributed by atoms with van der Waals surface area (Å²) in [5.74, 6) is 2.77. The molecule has 0 amide bonds. The predicted molar refractivity (Wildman–Crippen MR) is 103 cm³/mol. The topological polar surface area (TPSA) is 40.9 Å². The van der Waals surface area contributed by atoms with Crippen molar-refractivity contribution < 1.29 is 9.15 Å². The van der Waals surface area contributed by atoms with Crippen LogP contribution in [0.1, 0.15) is 36.0 Å². The molecule has 0 saturated carbocycles. The number of furan rings is 1. The first-order valence-corrected chi connectivity index (χ1v) is 9.85. The molecule has 6 heteroatoms. The number of benzene rings is 1. The minimum atomic E-state index is -0.335. The van der Waals surface area contributed by atoms with Crippen molar-refractivity contribution in [2.75, 3.05) is 20.1 Å². The molecule has 1 unspecified atom stereocenters. The Labute approximate surface area is 161 Å². The molecule has 26 heavy (non-hydrogen) atoms. The number of ether oxygens (including phenoxy) is 1. The maximum absolute atomic E-state index is 6.62. The molecule has 4 heterocycles. The molecule has 1 saturated heterocycles. The van der Waals surface area contributed by atoms with Crippen LogP contribution in [0.25, 0.3) is 5.70 Å². The molecular weight excluding hydrogens is 394 g/mol. The van der Waals surface area contributed by atoms with Gasteiger partial charge in [-0.1, -0.05) is 15.9 Å². The van der Waals surface area contributed by atoms with Gasteiger partial charge >= 0.3 is 0 Å². The van der Waals surface area contributed by atoms with Crippen LogP contribution in [-0.4, -0.2) is 35.8 Å². The second-order valence-corrected chi connectivity index (χ2v) is 8.37. The van der Waals surface area contributed by atoms with Crippen LogP contribution in [0.15, 0.2) is 45.3 Å². The Kier molecular flexibility index (Phi) is 3.71. The average molecular weight is 416 g/mol. The summed E-state index contributed by atoms with van der Waals surface area (Å²) in [4.78, 5) is 2.36. The van der Waals surface area contributed by atoms with Gasteiger partial charge in [0.05, 0.1) is 11.7 Å². The SMILES string of the molecule is Cc1ccc(C2=CC3c4cc(Br)ccc4OC4(CCN(C)CC4)N3N2)o1. The van der Waals surface area contributed by atoms with Gasteiger partial charge in [-0.05, 0) is 50.4 Å². The van der Waals surface area contributed by atoms with Crippen molar-refractivity contribution in [3.05, 3.63) is 58.0 Å². The zero-order chi connectivity index (χ0) is 17.9. The highest BCUT2D eigenvalue weighted by Crippen LogP contribution is 2.49. The number of aryl methyl sites for hydroxylation is 1. The Bertz CT molecular complexity index is 883. The van der Waals surface area contributed by atoms with Gasteiger partial charge in [0.1, 0.15) is 11.5 Å². The third-order valence-corrected chi connectivity index (χ3v) is 6.14. The van der Waals surface area contributed by atoms with Gasteiger partial charge < -0.3 is 19.5 Å². The molecular formula is C20H22BrN3O2. The fourth-order valence-corrected chi connectivity index (χ4v) is 4.56. The molecule has 3 aliphatic heterocycles. The quantitative estimate of drug-likeness (QED) is 0.759. The van der Waals surface area contributed by atoms with E-state index in [1.54, 1.807) is 0 Å². The first kappa shape index (κ1) is 16.4. The summed E-state index contributed by atoms with van der Waals surface area (Å²) in [6.07, 6.45) is 4.17. The fourth-order valence-electron chi connectivity index (χ4n) is 4.18. The van der Waals surface area contributed by atoms with Crippen molar-refractivity contribution in [2.45, 2.75) is 31.5 Å². The first-order chi connectivity index (χ1) is 12.5. The number of nitrogens with zero attached hydrogens (tertiary/aromatic N) is 2. The summed E-state index contributed by atoms with van der Waals surface area (Å²) in [7, 11) is 2.17. The smallest absolute Gasteiger partial charge is 0.182 e. The number of hydrazine groups is 1. The molecule has 1 aromatic heterocycles. The van der Waals surface area contributed by atoms with Crippen molar-refractivity contribution >= 4 is 21.6 Å². The van der Waals surface area contributed by atoms with Crippen LogP contribution >= 0.6 is 15.9 Å². The molecule has 1 spiro atoms. The van der Waals surface area contributed by atoms with Gasteiger partial charge in [0.15, 0.2) is 11.5 Å². The van der Waals surface area contributed by atoms with Crippen molar-refractivity contribution in [1.82, 2.24) is 15.3 Å². The third-order valence-electron chi connectivity index (χ3n) is 5.65. The second kappa shape index (κ2) is 5.87. The van der Waals surface area contributed by atoms with E-state index in [0.29, 0.717) is 0 Å². The van der Waals surface area contributed by atoms with Crippen molar-refractivity contribution in [3.8, 4) is 5.75 Å². The lowest BCUT2D eigenvalue weighted by Gasteiger charge is -2.51. The summed E-state index contributed by atoms with van der Waals surface area (Å²) >= 11 is 3.61. The molecule has 1 N–H and O–H groups in total. The largest absolute Gasteiger partial charge is 0.470 e. The number of hydrogen-bond acceptors (Lipinski definition) is 5. The number of likely N-dealkylation sites (tertiary alicyclic amines) is 1. The van der Waals surface area contributed by atoms with Crippen molar-refractivity contribution in [2.24, 2.45) is 0 Å². The highest BCUT2D eigenvalue weighted by atomic mass is 79.9. The molecule has 1 atom stereocenters. The van der Waals surface area contributed by atoms with E-state index in [1.807, 2.05) is 19.1 Å². The van der Waals surface area contributed by atoms with Gasteiger partial charge in [-0.3, -0.25) is 0 Å². The van der Waals surface area contributed by atoms with Crippen LogP contribution in [0.3, 0.4) is 0 Å². The lowest BCUT2D eigenvalue weighted by atomic mass is 9.93. The minimum Gasteiger partial charge on any atom is -0.470 e. The van der Waals surface area contributed by atoms with Crippen LogP contribution in [-0.2, 0) is 0 Å². The van der Waals surface area contributed by atoms with E-state index in [4.69, 9.17) is 9.15 Å². The molecule has 1 fully saturated rings. The second-order valence-electron chi connectivity index (χ2n) is 7.45. The minimum absolute atomic E-state index is 0.125. The van der Waals surface area contributed by atoms with Gasteiger partial charge in [0, 0.05) is 36.0 Å². The summed E-state index contributed by atoms with van der Waals surface area (Å²) in [6.45, 7) is 4.01. The van der Waals surface area contributed by atoms with E-state index in [2.05, 4.69) is 62.6 Å². The monoisotopic (exact) mass is 415 g/mol. The van der Waals surface area contributed by atoms with Gasteiger partial charge in [-0.2, -0.15) is 5.01 Å². The molecule has 2 aromatic rings. The predicted octanol–water partition coefficient (Wildman–Crippen LogP) is 4.07. The van der Waals surface area contributed by atoms with Crippen molar-refractivity contribution in [3.63, 3.8) is 0 Å². The van der Waals surface area contributed by atoms with Gasteiger partial charge in [-0.25, -0.2) is 0 Å². The summed E-state index contributed by atoms with van der Waals surface area (Å²) < 4.78 is 13.5. The van der Waals surface area contributed by atoms with Crippen LogP contribution in [0.5, 0.6) is 5.75 Å². The maximum Gasteiger partial charge on any atom is 0.182 e. The highest BCUT2D eigenvalue weighted by Gasteiger charge is 2.51. The number of halogens is 1. The zero-order valence-electron chi connectivity index (χ0n) is 15.0. The van der Waals surface area contributed by atoms with E-state index in [-0.39, 0.29) is 11.8 Å². The van der Waals surface area contributed by atoms with Crippen LogP contribution in [0, 0.1) is 6.92 Å². The Morgan fingerprint density at radius 3 is 2.73 bits per heavy atom. The number of nitrogens with one attached hydrogen (secondary N) is 1. The number of rotatable bonds is 1. The fraction of sp³-hybridized carbons (Fsp3) is 0.400. The Morgan fingerprint density at radius 2 is 2.00 bits per heavy atom. The lowest BCUT2D eigenvalue weighted by molar-refractivity contribution is -0.157. The summed E-state index contributed by atoms with van der Waals surface area (Å²) in [6, 6.07) is 10.4. The third kappa shape index (κ3) is 2.51. The number of piperidine rings is 1. The van der Waals surface area contributed by atoms with E-state index >= 15 is 0 Å². The van der Waals surface area contributed by atoms with E-state index in [9.17, 15) is 0 Å². The van der Waals surface area contributed by atoms with Gasteiger partial charge in [0.2, 0.25) is 0 Å². The zero-order valence-corrected chi connectivity index (χ0v) is 16.5. The Balaban J connectivity index is 1.59. The van der Waals surface area contributed by atoms with Crippen LogP contribution in [0.2, 0.25) is 0 Å². The Morgan fingerprint density at radius 1 is 1.19 bits per heavy atom. The number of fused-ring (bicyclic) bond motifs is 4. The van der Waals surface area contributed by atoms with E-state index < -0.39 is 0 Å². The highest BCUT2D eigenvalue weighted by molar-refractivity contribution is 9.10.